The molecule has 3 heterocycles. The molecule has 10 heteroatoms. The van der Waals surface area contributed by atoms with E-state index in [1.165, 1.54) is 18.1 Å². The number of ether oxygens (including phenoxy) is 1. The van der Waals surface area contributed by atoms with Gasteiger partial charge in [0, 0.05) is 25.1 Å². The van der Waals surface area contributed by atoms with Gasteiger partial charge in [0.2, 0.25) is 0 Å². The summed E-state index contributed by atoms with van der Waals surface area (Å²) in [5, 5.41) is 17.0. The topological polar surface area (TPSA) is 129 Å². The van der Waals surface area contributed by atoms with Crippen LogP contribution in [0, 0.1) is 0 Å². The Kier molecular flexibility index (Phi) is 4.38. The molecule has 3 N–H and O–H groups in total. The van der Waals surface area contributed by atoms with Crippen molar-refractivity contribution in [1.29, 1.82) is 0 Å². The molecule has 1 aliphatic rings. The number of likely N-dealkylation sites (tertiary alicyclic amines) is 1. The zero-order valence-electron chi connectivity index (χ0n) is 15.1. The Morgan fingerprint density at radius 1 is 1.32 bits per heavy atom. The molecule has 0 atom stereocenters. The molecular formula is C18H19N5O5. The highest BCUT2D eigenvalue weighted by Crippen LogP contribution is 2.31. The minimum Gasteiger partial charge on any atom is -0.465 e. The lowest BCUT2D eigenvalue weighted by Crippen LogP contribution is -2.37. The van der Waals surface area contributed by atoms with Crippen LogP contribution in [0.25, 0.3) is 16.6 Å². The summed E-state index contributed by atoms with van der Waals surface area (Å²) >= 11 is 0. The molecule has 1 aromatic carbocycles. The molecular weight excluding hydrogens is 366 g/mol. The molecule has 0 radical (unpaired) electrons. The Morgan fingerprint density at radius 3 is 2.75 bits per heavy atom. The third-order valence-electron chi connectivity index (χ3n) is 5.07. The van der Waals surface area contributed by atoms with Crippen molar-refractivity contribution in [3.05, 3.63) is 40.3 Å². The number of H-pyrrole nitrogens is 1. The Morgan fingerprint density at radius 2 is 2.07 bits per heavy atom. The van der Waals surface area contributed by atoms with Crippen molar-refractivity contribution < 1.29 is 19.4 Å². The molecule has 1 fully saturated rings. The predicted molar refractivity (Wildman–Crippen MR) is 101 cm³/mol. The summed E-state index contributed by atoms with van der Waals surface area (Å²) in [6.45, 7) is 0.814. The van der Waals surface area contributed by atoms with E-state index in [2.05, 4.69) is 20.1 Å². The van der Waals surface area contributed by atoms with E-state index in [9.17, 15) is 14.4 Å². The highest BCUT2D eigenvalue weighted by molar-refractivity contribution is 6.06. The quantitative estimate of drug-likeness (QED) is 0.620. The van der Waals surface area contributed by atoms with Crippen LogP contribution < -0.4 is 10.9 Å². The number of carbonyl (C=O) groups excluding carboxylic acids is 1. The molecule has 0 aliphatic carbocycles. The number of aromatic amines is 1. The van der Waals surface area contributed by atoms with E-state index in [-0.39, 0.29) is 11.5 Å². The maximum Gasteiger partial charge on any atom is 0.411 e. The van der Waals surface area contributed by atoms with Crippen LogP contribution in [0.3, 0.4) is 0 Å². The molecule has 1 saturated heterocycles. The number of nitrogens with zero attached hydrogens (tertiary/aromatic N) is 3. The van der Waals surface area contributed by atoms with E-state index in [4.69, 9.17) is 5.11 Å². The largest absolute Gasteiger partial charge is 0.465 e. The maximum absolute atomic E-state index is 12.3. The van der Waals surface area contributed by atoms with Crippen molar-refractivity contribution in [2.45, 2.75) is 18.8 Å². The third kappa shape index (κ3) is 3.02. The fraction of sp³-hybridized carbons (Fsp3) is 0.333. The molecule has 10 nitrogen and oxygen atoms in total. The highest BCUT2D eigenvalue weighted by atomic mass is 16.5. The van der Waals surface area contributed by atoms with Crippen LogP contribution in [-0.4, -0.2) is 57.0 Å². The van der Waals surface area contributed by atoms with E-state index in [0.717, 1.165) is 5.69 Å². The van der Waals surface area contributed by atoms with Crippen molar-refractivity contribution in [2.24, 2.45) is 0 Å². The molecule has 2 aromatic heterocycles. The van der Waals surface area contributed by atoms with Gasteiger partial charge in [0.25, 0.3) is 5.56 Å². The second-order valence-electron chi connectivity index (χ2n) is 6.68. The van der Waals surface area contributed by atoms with Crippen molar-refractivity contribution in [3.8, 4) is 0 Å². The van der Waals surface area contributed by atoms with Crippen LogP contribution in [-0.2, 0) is 4.74 Å². The smallest absolute Gasteiger partial charge is 0.411 e. The maximum atomic E-state index is 12.3. The van der Waals surface area contributed by atoms with Crippen LogP contribution in [0.5, 0.6) is 0 Å². The zero-order valence-corrected chi connectivity index (χ0v) is 15.1. The number of anilines is 1. The summed E-state index contributed by atoms with van der Waals surface area (Å²) in [6, 6.07) is 6.76. The van der Waals surface area contributed by atoms with Crippen molar-refractivity contribution in [1.82, 2.24) is 19.5 Å². The number of benzene rings is 1. The SMILES string of the molecule is COC(=O)Nc1cccc2nn3c(C4CCN(C(=O)O)CC4)cc(=O)[nH]c3c12. The van der Waals surface area contributed by atoms with E-state index in [1.807, 2.05) is 0 Å². The third-order valence-corrected chi connectivity index (χ3v) is 5.07. The van der Waals surface area contributed by atoms with Gasteiger partial charge in [0.1, 0.15) is 5.65 Å². The number of hydrogen-bond acceptors (Lipinski definition) is 5. The minimum absolute atomic E-state index is 0.00623. The monoisotopic (exact) mass is 385 g/mol. The lowest BCUT2D eigenvalue weighted by Gasteiger charge is -2.30. The van der Waals surface area contributed by atoms with Gasteiger partial charge in [-0.25, -0.2) is 14.1 Å². The number of piperidine rings is 1. The first-order valence-electron chi connectivity index (χ1n) is 8.85. The number of methoxy groups -OCH3 is 1. The molecule has 0 bridgehead atoms. The average molecular weight is 385 g/mol. The second kappa shape index (κ2) is 6.87. The summed E-state index contributed by atoms with van der Waals surface area (Å²) in [5.74, 6) is 0.00623. The Balaban J connectivity index is 1.82. The van der Waals surface area contributed by atoms with Gasteiger partial charge < -0.3 is 19.7 Å². The van der Waals surface area contributed by atoms with E-state index >= 15 is 0 Å². The summed E-state index contributed by atoms with van der Waals surface area (Å²) in [7, 11) is 1.27. The standard InChI is InChI=1S/C18H19N5O5/c1-28-17(25)19-11-3-2-4-12-15(11)16-20-14(24)9-13(23(16)21-12)10-5-7-22(8-6-10)18(26)27/h2-4,9-10H,5-8H2,1H3,(H,19,25)(H,20,24)(H,26,27). The average Bonchev–Trinajstić information content (AvgIpc) is 3.06. The molecule has 0 spiro atoms. The van der Waals surface area contributed by atoms with Crippen LogP contribution >= 0.6 is 0 Å². The van der Waals surface area contributed by atoms with Crippen molar-refractivity contribution >= 4 is 34.4 Å². The molecule has 0 unspecified atom stereocenters. The number of carboxylic acid groups (broad SMARTS) is 1. The van der Waals surface area contributed by atoms with Gasteiger partial charge in [-0.3, -0.25) is 10.1 Å². The number of rotatable bonds is 2. The van der Waals surface area contributed by atoms with E-state index < -0.39 is 12.2 Å². The van der Waals surface area contributed by atoms with E-state index in [1.54, 1.807) is 22.7 Å². The molecule has 1 aliphatic heterocycles. The van der Waals surface area contributed by atoms with Gasteiger partial charge in [-0.2, -0.15) is 5.10 Å². The van der Waals surface area contributed by atoms with Gasteiger partial charge in [-0.15, -0.1) is 0 Å². The molecule has 28 heavy (non-hydrogen) atoms. The molecule has 2 amide bonds. The summed E-state index contributed by atoms with van der Waals surface area (Å²) < 4.78 is 6.34. The lowest BCUT2D eigenvalue weighted by molar-refractivity contribution is 0.131. The highest BCUT2D eigenvalue weighted by Gasteiger charge is 2.26. The van der Waals surface area contributed by atoms with Gasteiger partial charge in [0.05, 0.1) is 29.4 Å². The molecule has 3 aromatic rings. The molecule has 146 valence electrons. The number of amides is 2. The predicted octanol–water partition coefficient (Wildman–Crippen LogP) is 2.21. The van der Waals surface area contributed by atoms with E-state index in [0.29, 0.717) is 48.2 Å². The van der Waals surface area contributed by atoms with Crippen LogP contribution in [0.4, 0.5) is 15.3 Å². The normalized spacial score (nSPS) is 15.1. The first kappa shape index (κ1) is 17.8. The fourth-order valence-corrected chi connectivity index (χ4v) is 3.71. The first-order chi connectivity index (χ1) is 13.5. The summed E-state index contributed by atoms with van der Waals surface area (Å²) in [4.78, 5) is 39.3. The van der Waals surface area contributed by atoms with Crippen LogP contribution in [0.2, 0.25) is 0 Å². The summed E-state index contributed by atoms with van der Waals surface area (Å²) in [6.07, 6.45) is -0.341. The van der Waals surface area contributed by atoms with Gasteiger partial charge in [0.15, 0.2) is 0 Å². The van der Waals surface area contributed by atoms with Gasteiger partial charge in [-0.05, 0) is 25.0 Å². The summed E-state index contributed by atoms with van der Waals surface area (Å²) in [5.41, 5.74) is 2.01. The Hall–Kier alpha value is -3.56. The van der Waals surface area contributed by atoms with Gasteiger partial charge in [-0.1, -0.05) is 6.07 Å². The van der Waals surface area contributed by atoms with Gasteiger partial charge >= 0.3 is 12.2 Å². The lowest BCUT2D eigenvalue weighted by atomic mass is 9.93. The number of nitrogens with one attached hydrogen (secondary N) is 2. The Bertz CT molecular complexity index is 1130. The number of hydrogen-bond donors (Lipinski definition) is 3. The first-order valence-corrected chi connectivity index (χ1v) is 8.85. The number of aromatic nitrogens is 3. The molecule has 0 saturated carbocycles. The number of carbonyl (C=O) groups is 2. The van der Waals surface area contributed by atoms with Crippen molar-refractivity contribution in [2.75, 3.05) is 25.5 Å². The molecule has 4 rings (SSSR count). The zero-order chi connectivity index (χ0) is 19.8. The van der Waals surface area contributed by atoms with Crippen LogP contribution in [0.15, 0.2) is 29.1 Å². The number of fused-ring (bicyclic) bond motifs is 3. The fourth-order valence-electron chi connectivity index (χ4n) is 3.71. The minimum atomic E-state index is -0.933. The Labute approximate surface area is 158 Å². The van der Waals surface area contributed by atoms with Crippen molar-refractivity contribution in [3.63, 3.8) is 0 Å². The van der Waals surface area contributed by atoms with Crippen LogP contribution in [0.1, 0.15) is 24.5 Å². The second-order valence-corrected chi connectivity index (χ2v) is 6.68.